The molecule has 2 aliphatic heterocycles. The zero-order valence-corrected chi connectivity index (χ0v) is 20.0. The van der Waals surface area contributed by atoms with Crippen molar-refractivity contribution in [1.29, 1.82) is 0 Å². The van der Waals surface area contributed by atoms with Crippen molar-refractivity contribution in [1.82, 2.24) is 14.9 Å². The second kappa shape index (κ2) is 8.08. The summed E-state index contributed by atoms with van der Waals surface area (Å²) in [5.41, 5.74) is 7.03. The Morgan fingerprint density at radius 1 is 1.00 bits per heavy atom. The fourth-order valence-corrected chi connectivity index (χ4v) is 5.72. The standard InChI is InChI=1S/C28H21FN4O2S/c29-22-10-18(27(34)33-12-28(13-33)14-35-15-28)1-4-20(22)17-2-5-23-21(9-17)24(7-8-30-23)32-19-3-6-26-25(11-19)31-16-36-26/h1-11,16H,12-15H2,(H,30,32). The number of rotatable bonds is 4. The van der Waals surface area contributed by atoms with Gasteiger partial charge in [0.1, 0.15) is 5.82 Å². The highest BCUT2D eigenvalue weighted by molar-refractivity contribution is 7.16. The molecule has 4 heterocycles. The van der Waals surface area contributed by atoms with E-state index < -0.39 is 5.82 Å². The molecule has 3 aromatic carbocycles. The third-order valence-corrected chi connectivity index (χ3v) is 7.84. The van der Waals surface area contributed by atoms with Crippen LogP contribution >= 0.6 is 11.3 Å². The lowest BCUT2D eigenvalue weighted by Crippen LogP contribution is -2.67. The normalized spacial score (nSPS) is 16.2. The van der Waals surface area contributed by atoms with Gasteiger partial charge in [0.25, 0.3) is 5.91 Å². The van der Waals surface area contributed by atoms with Crippen molar-refractivity contribution in [3.63, 3.8) is 0 Å². The molecule has 8 heteroatoms. The Bertz CT molecular complexity index is 1650. The zero-order valence-electron chi connectivity index (χ0n) is 19.2. The fourth-order valence-electron chi connectivity index (χ4n) is 5.06. The number of likely N-dealkylation sites (tertiary alicyclic amines) is 1. The molecule has 0 unspecified atom stereocenters. The van der Waals surface area contributed by atoms with Crippen LogP contribution in [0, 0.1) is 11.2 Å². The number of fused-ring (bicyclic) bond motifs is 2. The van der Waals surface area contributed by atoms with Crippen LogP contribution in [0.25, 0.3) is 32.2 Å². The van der Waals surface area contributed by atoms with Crippen molar-refractivity contribution in [2.24, 2.45) is 5.41 Å². The van der Waals surface area contributed by atoms with E-state index >= 15 is 4.39 Å². The van der Waals surface area contributed by atoms with E-state index in [1.54, 1.807) is 34.6 Å². The molecular weight excluding hydrogens is 475 g/mol. The molecule has 0 aliphatic carbocycles. The molecule has 178 valence electrons. The van der Waals surface area contributed by atoms with Crippen molar-refractivity contribution in [3.8, 4) is 11.1 Å². The smallest absolute Gasteiger partial charge is 0.254 e. The maximum absolute atomic E-state index is 15.2. The monoisotopic (exact) mass is 496 g/mol. The molecule has 36 heavy (non-hydrogen) atoms. The van der Waals surface area contributed by atoms with Gasteiger partial charge in [-0.2, -0.15) is 0 Å². The van der Waals surface area contributed by atoms with Crippen LogP contribution in [0.2, 0.25) is 0 Å². The molecule has 5 aromatic rings. The molecule has 0 atom stereocenters. The molecule has 6 nitrogen and oxygen atoms in total. The van der Waals surface area contributed by atoms with Gasteiger partial charge in [-0.25, -0.2) is 9.37 Å². The summed E-state index contributed by atoms with van der Waals surface area (Å²) in [6.07, 6.45) is 1.75. The Morgan fingerprint density at radius 3 is 2.69 bits per heavy atom. The minimum atomic E-state index is -0.421. The van der Waals surface area contributed by atoms with Gasteiger partial charge in [0.2, 0.25) is 0 Å². The number of nitrogens with zero attached hydrogens (tertiary/aromatic N) is 3. The first-order valence-corrected chi connectivity index (χ1v) is 12.6. The summed E-state index contributed by atoms with van der Waals surface area (Å²) in [5.74, 6) is -0.556. The van der Waals surface area contributed by atoms with E-state index in [1.807, 2.05) is 48.0 Å². The molecule has 2 aliphatic rings. The Morgan fingerprint density at radius 2 is 1.89 bits per heavy atom. The van der Waals surface area contributed by atoms with E-state index in [0.717, 1.165) is 38.1 Å². The van der Waals surface area contributed by atoms with Crippen molar-refractivity contribution < 1.29 is 13.9 Å². The highest BCUT2D eigenvalue weighted by Crippen LogP contribution is 2.38. The number of thiazole rings is 1. The molecule has 0 bridgehead atoms. The molecule has 2 saturated heterocycles. The molecule has 2 aromatic heterocycles. The fraction of sp³-hybridized carbons (Fsp3) is 0.179. The third-order valence-electron chi connectivity index (χ3n) is 7.03. The molecule has 1 amide bonds. The maximum Gasteiger partial charge on any atom is 0.254 e. The van der Waals surface area contributed by atoms with Crippen LogP contribution in [0.1, 0.15) is 10.4 Å². The van der Waals surface area contributed by atoms with E-state index in [-0.39, 0.29) is 11.3 Å². The predicted molar refractivity (Wildman–Crippen MR) is 139 cm³/mol. The highest BCUT2D eigenvalue weighted by Gasteiger charge is 2.50. The van der Waals surface area contributed by atoms with Gasteiger partial charge >= 0.3 is 0 Å². The number of carbonyl (C=O) groups excluding carboxylic acids is 1. The quantitative estimate of drug-likeness (QED) is 0.337. The topological polar surface area (TPSA) is 67.4 Å². The summed E-state index contributed by atoms with van der Waals surface area (Å²) < 4.78 is 21.7. The molecule has 2 fully saturated rings. The summed E-state index contributed by atoms with van der Waals surface area (Å²) in [5, 5.41) is 4.34. The van der Waals surface area contributed by atoms with Crippen LogP contribution in [0.5, 0.6) is 0 Å². The average molecular weight is 497 g/mol. The molecule has 7 rings (SSSR count). The molecule has 1 spiro atoms. The second-order valence-electron chi connectivity index (χ2n) is 9.60. The average Bonchev–Trinajstić information content (AvgIpc) is 3.30. The second-order valence-corrected chi connectivity index (χ2v) is 10.5. The zero-order chi connectivity index (χ0) is 24.3. The van der Waals surface area contributed by atoms with Gasteiger partial charge in [-0.3, -0.25) is 9.78 Å². The lowest BCUT2D eigenvalue weighted by molar-refractivity contribution is -0.176. The van der Waals surface area contributed by atoms with Crippen molar-refractivity contribution in [3.05, 3.63) is 83.8 Å². The minimum Gasteiger partial charge on any atom is -0.380 e. The number of anilines is 2. The Kier molecular flexibility index (Phi) is 4.80. The number of hydrogen-bond donors (Lipinski definition) is 1. The molecular formula is C28H21FN4O2S. The number of benzene rings is 3. The number of amides is 1. The van der Waals surface area contributed by atoms with Gasteiger partial charge in [0.05, 0.1) is 39.9 Å². The Balaban J connectivity index is 1.18. The van der Waals surface area contributed by atoms with E-state index in [4.69, 9.17) is 4.74 Å². The van der Waals surface area contributed by atoms with Gasteiger partial charge in [-0.05, 0) is 54.1 Å². The number of hydrogen-bond acceptors (Lipinski definition) is 6. The van der Waals surface area contributed by atoms with Gasteiger partial charge in [0, 0.05) is 47.2 Å². The summed E-state index contributed by atoms with van der Waals surface area (Å²) in [7, 11) is 0. The summed E-state index contributed by atoms with van der Waals surface area (Å²) in [6.45, 7) is 2.77. The number of halogens is 1. The van der Waals surface area contributed by atoms with Crippen LogP contribution in [0.3, 0.4) is 0 Å². The van der Waals surface area contributed by atoms with Crippen LogP contribution in [-0.4, -0.2) is 47.1 Å². The summed E-state index contributed by atoms with van der Waals surface area (Å²) in [6, 6.07) is 18.4. The van der Waals surface area contributed by atoms with Crippen LogP contribution in [0.15, 0.2) is 72.4 Å². The Hall–Kier alpha value is -3.88. The summed E-state index contributed by atoms with van der Waals surface area (Å²) in [4.78, 5) is 23.4. The third kappa shape index (κ3) is 3.53. The lowest BCUT2D eigenvalue weighted by Gasteiger charge is -2.54. The minimum absolute atomic E-state index is 0.130. The van der Waals surface area contributed by atoms with Crippen molar-refractivity contribution >= 4 is 49.7 Å². The predicted octanol–water partition coefficient (Wildman–Crippen LogP) is 5.87. The van der Waals surface area contributed by atoms with Gasteiger partial charge in [0.15, 0.2) is 0 Å². The first-order valence-electron chi connectivity index (χ1n) is 11.7. The number of ether oxygens (including phenoxy) is 1. The molecule has 1 N–H and O–H groups in total. The SMILES string of the molecule is O=C(c1ccc(-c2ccc3nccc(Nc4ccc5scnc5c4)c3c2)c(F)c1)N1CC2(COC2)C1. The van der Waals surface area contributed by atoms with Crippen molar-refractivity contribution in [2.75, 3.05) is 31.6 Å². The van der Waals surface area contributed by atoms with E-state index in [9.17, 15) is 4.79 Å². The van der Waals surface area contributed by atoms with E-state index in [0.29, 0.717) is 37.4 Å². The van der Waals surface area contributed by atoms with Crippen LogP contribution in [0.4, 0.5) is 15.8 Å². The first-order chi connectivity index (χ1) is 17.6. The first kappa shape index (κ1) is 21.4. The number of nitrogens with one attached hydrogen (secondary N) is 1. The largest absolute Gasteiger partial charge is 0.380 e. The maximum atomic E-state index is 15.2. The Labute approximate surface area is 210 Å². The molecule has 0 radical (unpaired) electrons. The number of carbonyl (C=O) groups is 1. The highest BCUT2D eigenvalue weighted by atomic mass is 32.1. The molecule has 0 saturated carbocycles. The van der Waals surface area contributed by atoms with Gasteiger partial charge in [-0.1, -0.05) is 12.1 Å². The van der Waals surface area contributed by atoms with Crippen LogP contribution < -0.4 is 5.32 Å². The number of aromatic nitrogens is 2. The van der Waals surface area contributed by atoms with Crippen LogP contribution in [-0.2, 0) is 4.74 Å². The number of pyridine rings is 1. The van der Waals surface area contributed by atoms with Crippen molar-refractivity contribution in [2.45, 2.75) is 0 Å². The van der Waals surface area contributed by atoms with E-state index in [1.165, 1.54) is 6.07 Å². The van der Waals surface area contributed by atoms with E-state index in [2.05, 4.69) is 15.3 Å². The van der Waals surface area contributed by atoms with Gasteiger partial charge in [-0.15, -0.1) is 11.3 Å². The lowest BCUT2D eigenvalue weighted by atomic mass is 9.78. The summed E-state index contributed by atoms with van der Waals surface area (Å²) >= 11 is 1.60. The van der Waals surface area contributed by atoms with Gasteiger partial charge < -0.3 is 15.0 Å².